The molecule has 4 amide bonds. The van der Waals surface area contributed by atoms with Crippen LogP contribution >= 0.6 is 23.6 Å². The van der Waals surface area contributed by atoms with Gasteiger partial charge < -0.3 is 35.0 Å². The van der Waals surface area contributed by atoms with Crippen LogP contribution in [0, 0.1) is 49.5 Å². The van der Waals surface area contributed by atoms with Crippen molar-refractivity contribution in [2.24, 2.45) is 5.41 Å². The lowest BCUT2D eigenvalue weighted by Gasteiger charge is -2.35. The van der Waals surface area contributed by atoms with Gasteiger partial charge in [0.25, 0.3) is 5.91 Å². The first-order valence-corrected chi connectivity index (χ1v) is 23.2. The van der Waals surface area contributed by atoms with Crippen LogP contribution in [-0.4, -0.2) is 93.8 Å². The lowest BCUT2D eigenvalue weighted by atomic mass is 9.85. The van der Waals surface area contributed by atoms with Gasteiger partial charge in [0.1, 0.15) is 36.6 Å². The van der Waals surface area contributed by atoms with Crippen molar-refractivity contribution in [2.75, 3.05) is 36.2 Å². The van der Waals surface area contributed by atoms with Gasteiger partial charge in [0.05, 0.1) is 28.8 Å². The van der Waals surface area contributed by atoms with E-state index in [1.165, 1.54) is 9.80 Å². The molecule has 0 radical (unpaired) electrons. The molecular weight excluding hydrogens is 887 g/mol. The number of anilines is 2. The summed E-state index contributed by atoms with van der Waals surface area (Å²) in [4.78, 5) is 67.6. The van der Waals surface area contributed by atoms with Crippen LogP contribution in [0.3, 0.4) is 0 Å². The third-order valence-electron chi connectivity index (χ3n) is 11.5. The molecule has 16 heteroatoms. The summed E-state index contributed by atoms with van der Waals surface area (Å²) in [5, 5.41) is 16.7. The van der Waals surface area contributed by atoms with E-state index in [0.29, 0.717) is 28.7 Å². The second-order valence-electron chi connectivity index (χ2n) is 17.9. The Bertz CT molecular complexity index is 2660. The van der Waals surface area contributed by atoms with Gasteiger partial charge in [0.2, 0.25) is 17.7 Å². The molecule has 2 aliphatic rings. The smallest absolute Gasteiger partial charge is 0.259 e. The second-order valence-corrected chi connectivity index (χ2v) is 19.1. The highest BCUT2D eigenvalue weighted by molar-refractivity contribution is 7.81. The zero-order chi connectivity index (χ0) is 48.5. The lowest BCUT2D eigenvalue weighted by Crippen LogP contribution is -2.57. The molecule has 348 valence electrons. The number of aromatic nitrogens is 1. The van der Waals surface area contributed by atoms with Crippen LogP contribution in [0.4, 0.5) is 17.1 Å². The maximum absolute atomic E-state index is 14.0. The van der Waals surface area contributed by atoms with E-state index < -0.39 is 35.0 Å². The highest BCUT2D eigenvalue weighted by Crippen LogP contribution is 2.38. The summed E-state index contributed by atoms with van der Waals surface area (Å²) in [6, 6.07) is 18.5. The number of aliphatic hydroxyl groups excluding tert-OH is 1. The Morgan fingerprint density at radius 3 is 2.36 bits per heavy atom. The zero-order valence-electron chi connectivity index (χ0n) is 38.8. The molecule has 67 heavy (non-hydrogen) atoms. The number of thiazole rings is 1. The Hall–Kier alpha value is -6.61. The average Bonchev–Trinajstić information content (AvgIpc) is 3.96. The van der Waals surface area contributed by atoms with Crippen LogP contribution < -0.4 is 25.2 Å². The first-order chi connectivity index (χ1) is 31.9. The number of nitrogens with zero attached hydrogens (tertiary/aromatic N) is 5. The van der Waals surface area contributed by atoms with Crippen LogP contribution in [0.15, 0.2) is 72.2 Å². The van der Waals surface area contributed by atoms with Crippen LogP contribution in [0.1, 0.15) is 70.7 Å². The molecule has 2 fully saturated rings. The number of carbonyl (C=O) groups excluding carboxylic acids is 4. The fourth-order valence-electron chi connectivity index (χ4n) is 7.80. The van der Waals surface area contributed by atoms with Gasteiger partial charge >= 0.3 is 0 Å². The number of aryl methyl sites for hydroxylation is 2. The summed E-state index contributed by atoms with van der Waals surface area (Å²) in [6.07, 6.45) is -0.267. The van der Waals surface area contributed by atoms with Crippen molar-refractivity contribution in [1.82, 2.24) is 20.5 Å². The van der Waals surface area contributed by atoms with Crippen molar-refractivity contribution in [3.05, 3.63) is 100 Å². The first-order valence-electron chi connectivity index (χ1n) is 21.9. The fourth-order valence-corrected chi connectivity index (χ4v) is 9.14. The van der Waals surface area contributed by atoms with Crippen LogP contribution in [0.25, 0.3) is 15.3 Å². The minimum Gasteiger partial charge on any atom is -0.481 e. The largest absolute Gasteiger partial charge is 0.481 e. The molecule has 4 aromatic rings. The Labute approximate surface area is 401 Å². The number of benzene rings is 3. The quantitative estimate of drug-likeness (QED) is 0.0497. The van der Waals surface area contributed by atoms with Crippen molar-refractivity contribution in [2.45, 2.75) is 98.0 Å². The van der Waals surface area contributed by atoms with Gasteiger partial charge in [-0.15, -0.1) is 11.3 Å². The van der Waals surface area contributed by atoms with Crippen molar-refractivity contribution < 1.29 is 33.8 Å². The number of aliphatic hydroxyl groups is 1. The molecule has 3 atom stereocenters. The van der Waals surface area contributed by atoms with E-state index in [2.05, 4.69) is 44.1 Å². The van der Waals surface area contributed by atoms with Gasteiger partial charge in [-0.25, -0.2) is 9.83 Å². The van der Waals surface area contributed by atoms with E-state index in [9.17, 15) is 24.3 Å². The van der Waals surface area contributed by atoms with Crippen LogP contribution in [0.2, 0.25) is 0 Å². The third kappa shape index (κ3) is 12.1. The number of carbonyl (C=O) groups is 4. The van der Waals surface area contributed by atoms with Crippen molar-refractivity contribution in [3.8, 4) is 39.9 Å². The number of amides is 4. The molecule has 0 bridgehead atoms. The standard InChI is InChI=1S/C51H55N7O7S2/c1-33-28-38(21-24-41(33)52-8)57-48(63)51(6,7)58(49(57)66)37-19-22-40(23-20-37)65-27-12-10-9-11-25-64-26-13-14-43(60)55-45(50(3,4)5)47(62)56-31-39(59)29-42(56)46(61)53-30-35-15-17-36(18-16-35)44-34(2)54-32-67-44/h15-24,28,32,39,42,45,59H,13-14,25-27,29-31H2,1-7H3,(H,53,61)(H,55,60)/t39-,42+,45-/m1/s1. The third-order valence-corrected chi connectivity index (χ3v) is 12.8. The predicted octanol–water partition coefficient (Wildman–Crippen LogP) is 6.89. The van der Waals surface area contributed by atoms with Gasteiger partial charge in [-0.1, -0.05) is 57.0 Å². The van der Waals surface area contributed by atoms with E-state index in [0.717, 1.165) is 32.9 Å². The van der Waals surface area contributed by atoms with Crippen LogP contribution in [-0.2, 0) is 30.5 Å². The number of likely N-dealkylation sites (tertiary alicyclic amines) is 1. The molecule has 2 aliphatic heterocycles. The van der Waals surface area contributed by atoms with E-state index in [1.54, 1.807) is 46.6 Å². The summed E-state index contributed by atoms with van der Waals surface area (Å²) >= 11 is 7.36. The Morgan fingerprint density at radius 1 is 1.03 bits per heavy atom. The zero-order valence-corrected chi connectivity index (χ0v) is 40.4. The highest BCUT2D eigenvalue weighted by Gasteiger charge is 2.50. The number of ether oxygens (including phenoxy) is 2. The average molecular weight is 942 g/mol. The summed E-state index contributed by atoms with van der Waals surface area (Å²) in [5.41, 5.74) is 5.71. The van der Waals surface area contributed by atoms with Crippen molar-refractivity contribution >= 4 is 69.4 Å². The molecule has 0 unspecified atom stereocenters. The summed E-state index contributed by atoms with van der Waals surface area (Å²) in [7, 11) is 0. The molecule has 3 heterocycles. The molecule has 1 aromatic heterocycles. The number of nitrogens with one attached hydrogen (secondary N) is 2. The Kier molecular flexibility index (Phi) is 16.2. The lowest BCUT2D eigenvalue weighted by molar-refractivity contribution is -0.144. The van der Waals surface area contributed by atoms with Crippen LogP contribution in [0.5, 0.6) is 5.75 Å². The maximum atomic E-state index is 14.0. The molecule has 3 aromatic carbocycles. The predicted molar refractivity (Wildman–Crippen MR) is 263 cm³/mol. The van der Waals surface area contributed by atoms with Gasteiger partial charge in [-0.05, 0) is 123 Å². The van der Waals surface area contributed by atoms with E-state index in [4.69, 9.17) is 28.3 Å². The number of thiocarbonyl (C=S) groups is 1. The maximum Gasteiger partial charge on any atom is 0.259 e. The number of rotatable bonds is 15. The molecule has 14 nitrogen and oxygen atoms in total. The van der Waals surface area contributed by atoms with E-state index in [1.807, 2.05) is 90.4 Å². The van der Waals surface area contributed by atoms with Gasteiger partial charge in [0, 0.05) is 43.9 Å². The van der Waals surface area contributed by atoms with Crippen molar-refractivity contribution in [1.29, 1.82) is 0 Å². The monoisotopic (exact) mass is 941 g/mol. The fraction of sp³-hybridized carbons (Fsp3) is 0.392. The molecule has 2 saturated heterocycles. The first kappa shape index (κ1) is 49.8. The SMILES string of the molecule is [C-]#[N+]c1ccc(N2C(=O)C(C)(C)N(c3ccc(OCC#CC#CCOCCCC(=O)N[C@H](C(=O)N4C[C@H](O)C[C@H]4C(=O)NCc4ccc(-c5scnc5C)cc4)C(C)(C)C)cc3)C2=S)cc1C. The van der Waals surface area contributed by atoms with Gasteiger partial charge in [-0.2, -0.15) is 0 Å². The minimum absolute atomic E-state index is 0.00931. The van der Waals surface area contributed by atoms with Gasteiger partial charge in [0.15, 0.2) is 10.8 Å². The molecule has 6 rings (SSSR count). The minimum atomic E-state index is -0.947. The topological polar surface area (TPSA) is 158 Å². The van der Waals surface area contributed by atoms with Gasteiger partial charge in [-0.3, -0.25) is 24.1 Å². The molecule has 0 spiro atoms. The summed E-state index contributed by atoms with van der Waals surface area (Å²) < 4.78 is 11.3. The van der Waals surface area contributed by atoms with E-state index >= 15 is 0 Å². The highest BCUT2D eigenvalue weighted by atomic mass is 32.1. The number of β-amino-alcohol motifs (C(OH)–C–C–N with tert-alkyl or cyclic N) is 1. The summed E-state index contributed by atoms with van der Waals surface area (Å²) in [5.74, 6) is 10.4. The normalized spacial score (nSPS) is 16.9. The summed E-state index contributed by atoms with van der Waals surface area (Å²) in [6.45, 7) is 21.0. The second kappa shape index (κ2) is 21.8. The molecule has 0 aliphatic carbocycles. The Morgan fingerprint density at radius 2 is 1.72 bits per heavy atom. The molecule has 0 saturated carbocycles. The Balaban J connectivity index is 0.902. The molecular formula is C51H55N7O7S2. The number of hydrogen-bond donors (Lipinski definition) is 3. The molecule has 3 N–H and O–H groups in total. The number of hydrogen-bond acceptors (Lipinski definition) is 10. The van der Waals surface area contributed by atoms with Crippen molar-refractivity contribution in [3.63, 3.8) is 0 Å². The van der Waals surface area contributed by atoms with E-state index in [-0.39, 0.29) is 63.5 Å².